The molecular weight excluding hydrogens is 841 g/mol. The van der Waals surface area contributed by atoms with E-state index >= 15 is 0 Å². The largest absolute Gasteiger partial charge is 0.569 e. The predicted molar refractivity (Wildman–Crippen MR) is 197 cm³/mol. The van der Waals surface area contributed by atoms with Gasteiger partial charge in [0.2, 0.25) is 0 Å². The van der Waals surface area contributed by atoms with Crippen LogP contribution in [0, 0.1) is 30.4 Å². The van der Waals surface area contributed by atoms with E-state index in [1.165, 1.54) is 14.2 Å². The van der Waals surface area contributed by atoms with Crippen LogP contribution in [0.3, 0.4) is 0 Å². The minimum Gasteiger partial charge on any atom is -0.535 e. The van der Waals surface area contributed by atoms with Gasteiger partial charge in [0.15, 0.2) is 29.0 Å². The standard InChI is InChI=1S/C20H16F2O2.C7H8BO3.C6H2F2I2.2CH4/c1-23-17-9-5-3-7-13(17)15-11-12-16(20(22)19(15)21)14-8-4-6-10-18(14)24-2;1-10-6-4-2-3-5-7(6)11-8-9;7-5-3(9)1-2-4(10)6(5)8;;/h3-12H,1-2H3;2-5,9H,1H3;1-2H;2*1H4. The van der Waals surface area contributed by atoms with Gasteiger partial charge in [-0.05, 0) is 81.6 Å². The molecular formula is C35H34BF4I2O5. The van der Waals surface area contributed by atoms with Gasteiger partial charge >= 0.3 is 7.69 Å². The lowest BCUT2D eigenvalue weighted by atomic mass is 9.98. The summed E-state index contributed by atoms with van der Waals surface area (Å²) in [4.78, 5) is 0. The molecule has 12 heteroatoms. The van der Waals surface area contributed by atoms with E-state index in [1.807, 2.05) is 6.07 Å². The lowest BCUT2D eigenvalue weighted by molar-refractivity contribution is 0.381. The van der Waals surface area contributed by atoms with Crippen LogP contribution in [0.25, 0.3) is 22.3 Å². The minimum atomic E-state index is -0.914. The maximum Gasteiger partial charge on any atom is 0.569 e. The zero-order chi connectivity index (χ0) is 32.9. The number of rotatable bonds is 7. The molecule has 0 aliphatic rings. The Morgan fingerprint density at radius 1 is 0.468 bits per heavy atom. The molecule has 5 nitrogen and oxygen atoms in total. The van der Waals surface area contributed by atoms with Crippen molar-refractivity contribution in [2.45, 2.75) is 14.9 Å². The van der Waals surface area contributed by atoms with E-state index < -0.39 is 23.3 Å². The van der Waals surface area contributed by atoms with E-state index in [4.69, 9.17) is 23.9 Å². The van der Waals surface area contributed by atoms with E-state index in [2.05, 4.69) is 0 Å². The van der Waals surface area contributed by atoms with Gasteiger partial charge in [-0.25, -0.2) is 17.6 Å². The fourth-order valence-corrected chi connectivity index (χ4v) is 4.81. The molecule has 0 aromatic heterocycles. The molecule has 1 N–H and O–H groups in total. The molecule has 0 spiro atoms. The summed E-state index contributed by atoms with van der Waals surface area (Å²) in [6, 6.07) is 27.1. The molecule has 0 saturated heterocycles. The lowest BCUT2D eigenvalue weighted by Crippen LogP contribution is -2.01. The molecule has 5 aromatic carbocycles. The Balaban J connectivity index is 0.000000401. The molecule has 0 bridgehead atoms. The molecule has 5 aromatic rings. The van der Waals surface area contributed by atoms with Crippen molar-refractivity contribution in [1.82, 2.24) is 0 Å². The molecule has 47 heavy (non-hydrogen) atoms. The summed E-state index contributed by atoms with van der Waals surface area (Å²) in [5.74, 6) is -1.28. The quantitative estimate of drug-likeness (QED) is 0.0581. The number of ether oxygens (including phenoxy) is 3. The highest BCUT2D eigenvalue weighted by Gasteiger charge is 2.19. The van der Waals surface area contributed by atoms with Gasteiger partial charge in [-0.3, -0.25) is 0 Å². The second-order valence-corrected chi connectivity index (χ2v) is 11.0. The first-order chi connectivity index (χ1) is 21.7. The lowest BCUT2D eigenvalue weighted by Gasteiger charge is -2.13. The Labute approximate surface area is 301 Å². The van der Waals surface area contributed by atoms with Crippen LogP contribution in [-0.4, -0.2) is 34.0 Å². The zero-order valence-corrected chi connectivity index (χ0v) is 28.5. The first-order valence-electron chi connectivity index (χ1n) is 13.0. The highest BCUT2D eigenvalue weighted by Crippen LogP contribution is 2.38. The molecule has 0 saturated carbocycles. The second-order valence-electron chi connectivity index (χ2n) is 8.72. The molecule has 1 radical (unpaired) electrons. The molecule has 0 fully saturated rings. The molecule has 0 amide bonds. The van der Waals surface area contributed by atoms with Crippen LogP contribution in [0.2, 0.25) is 0 Å². The Kier molecular flexibility index (Phi) is 18.3. The predicted octanol–water partition coefficient (Wildman–Crippen LogP) is 10.4. The minimum absolute atomic E-state index is 0. The summed E-state index contributed by atoms with van der Waals surface area (Å²) in [7, 11) is 5.16. The first-order valence-corrected chi connectivity index (χ1v) is 15.1. The van der Waals surface area contributed by atoms with E-state index in [0.717, 1.165) is 0 Å². The van der Waals surface area contributed by atoms with Gasteiger partial charge in [-0.2, -0.15) is 0 Å². The third-order valence-corrected chi connectivity index (χ3v) is 7.78. The second kappa shape index (κ2) is 20.7. The monoisotopic (exact) mass is 875 g/mol. The van der Waals surface area contributed by atoms with E-state index in [0.29, 0.717) is 49.0 Å². The smallest absolute Gasteiger partial charge is 0.535 e. The van der Waals surface area contributed by atoms with Crippen LogP contribution in [0.15, 0.2) is 97.1 Å². The number of hydrogen-bond donors (Lipinski definition) is 1. The van der Waals surface area contributed by atoms with Crippen molar-refractivity contribution in [2.24, 2.45) is 0 Å². The fourth-order valence-electron chi connectivity index (χ4n) is 3.98. The molecule has 0 aliphatic carbocycles. The molecule has 5 rings (SSSR count). The van der Waals surface area contributed by atoms with Crippen LogP contribution in [-0.2, 0) is 0 Å². The SMILES string of the molecule is C.C.COc1ccccc1-c1ccc(-c2ccccc2OC)c(F)c1F.COc1ccccc1O[B]O.Fc1c(I)ccc(I)c1F. The van der Waals surface area contributed by atoms with Gasteiger partial charge in [-0.1, -0.05) is 75.5 Å². The van der Waals surface area contributed by atoms with Crippen molar-refractivity contribution < 1.29 is 41.5 Å². The van der Waals surface area contributed by atoms with Crippen molar-refractivity contribution in [1.29, 1.82) is 0 Å². The van der Waals surface area contributed by atoms with E-state index in [1.54, 1.807) is 143 Å². The van der Waals surface area contributed by atoms with Crippen molar-refractivity contribution in [3.05, 3.63) is 127 Å². The van der Waals surface area contributed by atoms with Crippen molar-refractivity contribution in [3.63, 3.8) is 0 Å². The van der Waals surface area contributed by atoms with Crippen molar-refractivity contribution in [3.8, 4) is 45.3 Å². The van der Waals surface area contributed by atoms with Crippen molar-refractivity contribution in [2.75, 3.05) is 21.3 Å². The summed E-state index contributed by atoms with van der Waals surface area (Å²) >= 11 is 3.50. The zero-order valence-electron chi connectivity index (χ0n) is 24.2. The van der Waals surface area contributed by atoms with Crippen LogP contribution in [0.4, 0.5) is 17.6 Å². The Morgan fingerprint density at radius 2 is 0.809 bits per heavy atom. The first kappa shape index (κ1) is 41.5. The molecule has 0 heterocycles. The number of hydrogen-bond acceptors (Lipinski definition) is 5. The summed E-state index contributed by atoms with van der Waals surface area (Å²) in [6.07, 6.45) is 0. The highest BCUT2D eigenvalue weighted by atomic mass is 127. The van der Waals surface area contributed by atoms with Gasteiger partial charge in [0.25, 0.3) is 0 Å². The molecule has 0 atom stereocenters. The van der Waals surface area contributed by atoms with Gasteiger partial charge < -0.3 is 23.9 Å². The van der Waals surface area contributed by atoms with Gasteiger partial charge in [-0.15, -0.1) is 0 Å². The Hall–Kier alpha value is -3.50. The Bertz CT molecular complexity index is 1630. The molecule has 0 unspecified atom stereocenters. The van der Waals surface area contributed by atoms with Crippen LogP contribution in [0.1, 0.15) is 14.9 Å². The molecule has 249 valence electrons. The third kappa shape index (κ3) is 10.8. The van der Waals surface area contributed by atoms with Crippen LogP contribution < -0.4 is 18.9 Å². The van der Waals surface area contributed by atoms with Crippen molar-refractivity contribution >= 4 is 52.9 Å². The van der Waals surface area contributed by atoms with Gasteiger partial charge in [0.05, 0.1) is 28.5 Å². The fraction of sp³-hybridized carbons (Fsp3) is 0.143. The highest BCUT2D eigenvalue weighted by molar-refractivity contribution is 14.1. The topological polar surface area (TPSA) is 57.2 Å². The summed E-state index contributed by atoms with van der Waals surface area (Å²) in [6.45, 7) is 0. The number of halogens is 6. The number of methoxy groups -OCH3 is 3. The van der Waals surface area contributed by atoms with E-state index in [9.17, 15) is 17.6 Å². The average Bonchev–Trinajstić information content (AvgIpc) is 3.08. The third-order valence-electron chi connectivity index (χ3n) is 6.11. The van der Waals surface area contributed by atoms with Gasteiger partial charge in [0.1, 0.15) is 17.2 Å². The molecule has 0 aliphatic heterocycles. The summed E-state index contributed by atoms with van der Waals surface area (Å²) in [5, 5.41) is 8.34. The number of para-hydroxylation sites is 4. The normalized spacial score (nSPS) is 9.57. The maximum atomic E-state index is 14.7. The van der Waals surface area contributed by atoms with Gasteiger partial charge in [0, 0.05) is 22.3 Å². The van der Waals surface area contributed by atoms with Crippen LogP contribution in [0.5, 0.6) is 23.0 Å². The summed E-state index contributed by atoms with van der Waals surface area (Å²) in [5.41, 5.74) is 1.32. The van der Waals surface area contributed by atoms with E-state index in [-0.39, 0.29) is 26.0 Å². The Morgan fingerprint density at radius 3 is 1.17 bits per heavy atom. The maximum absolute atomic E-state index is 14.7. The number of benzene rings is 5. The average molecular weight is 875 g/mol. The van der Waals surface area contributed by atoms with Crippen LogP contribution >= 0.6 is 45.2 Å². The summed E-state index contributed by atoms with van der Waals surface area (Å²) < 4.78 is 75.4.